The van der Waals surface area contributed by atoms with Gasteiger partial charge in [0, 0.05) is 38.6 Å². The third kappa shape index (κ3) is 5.40. The van der Waals surface area contributed by atoms with E-state index in [1.165, 1.54) is 6.07 Å². The van der Waals surface area contributed by atoms with Gasteiger partial charge in [-0.1, -0.05) is 6.07 Å². The number of urea groups is 1. The molecule has 1 aliphatic heterocycles. The second kappa shape index (κ2) is 8.81. The summed E-state index contributed by atoms with van der Waals surface area (Å²) in [6.07, 6.45) is 3.49. The van der Waals surface area contributed by atoms with Crippen molar-refractivity contribution in [3.05, 3.63) is 59.7 Å². The van der Waals surface area contributed by atoms with Crippen molar-refractivity contribution in [3.63, 3.8) is 0 Å². The zero-order chi connectivity index (χ0) is 19.2. The van der Waals surface area contributed by atoms with E-state index in [9.17, 15) is 9.18 Å². The summed E-state index contributed by atoms with van der Waals surface area (Å²) >= 11 is 0. The number of nitrogens with zero attached hydrogens (tertiary/aromatic N) is 2. The molecule has 2 heterocycles. The Morgan fingerprint density at radius 2 is 1.74 bits per heavy atom. The number of hydrogen-bond acceptors (Lipinski definition) is 4. The van der Waals surface area contributed by atoms with Gasteiger partial charge in [0.05, 0.1) is 17.9 Å². The van der Waals surface area contributed by atoms with E-state index in [4.69, 9.17) is 4.74 Å². The van der Waals surface area contributed by atoms with Crippen LogP contribution in [0.3, 0.4) is 0 Å². The number of halogens is 1. The van der Waals surface area contributed by atoms with E-state index in [0.717, 1.165) is 5.56 Å². The van der Waals surface area contributed by atoms with Crippen LogP contribution in [0, 0.1) is 5.82 Å². The predicted octanol–water partition coefficient (Wildman–Crippen LogP) is 2.83. The molecular formula is C20H25FN4O2. The van der Waals surface area contributed by atoms with Gasteiger partial charge in [0.25, 0.3) is 0 Å². The minimum atomic E-state index is -0.299. The molecule has 0 bridgehead atoms. The Kier molecular flexibility index (Phi) is 6.24. The highest BCUT2D eigenvalue weighted by atomic mass is 19.1. The van der Waals surface area contributed by atoms with Gasteiger partial charge in [0.15, 0.2) is 0 Å². The monoisotopic (exact) mass is 372 g/mol. The van der Waals surface area contributed by atoms with Crippen molar-refractivity contribution < 1.29 is 13.9 Å². The summed E-state index contributed by atoms with van der Waals surface area (Å²) in [5.74, 6) is -0.284. The van der Waals surface area contributed by atoms with Crippen molar-refractivity contribution in [2.75, 3.05) is 18.0 Å². The zero-order valence-corrected chi connectivity index (χ0v) is 15.6. The van der Waals surface area contributed by atoms with Crippen molar-refractivity contribution in [3.8, 4) is 0 Å². The summed E-state index contributed by atoms with van der Waals surface area (Å²) in [6, 6.07) is 8.46. The van der Waals surface area contributed by atoms with Crippen LogP contribution in [0.25, 0.3) is 0 Å². The fraction of sp³-hybridized carbons (Fsp3) is 0.400. The van der Waals surface area contributed by atoms with Gasteiger partial charge in [0.2, 0.25) is 0 Å². The zero-order valence-electron chi connectivity index (χ0n) is 15.6. The summed E-state index contributed by atoms with van der Waals surface area (Å²) in [5, 5.41) is 5.51. The Morgan fingerprint density at radius 1 is 1.11 bits per heavy atom. The van der Waals surface area contributed by atoms with Crippen molar-refractivity contribution in [2.24, 2.45) is 0 Å². The molecule has 2 amide bonds. The van der Waals surface area contributed by atoms with E-state index >= 15 is 0 Å². The van der Waals surface area contributed by atoms with Crippen molar-refractivity contribution in [1.82, 2.24) is 15.6 Å². The van der Waals surface area contributed by atoms with Gasteiger partial charge < -0.3 is 20.3 Å². The number of morpholine rings is 1. The molecule has 2 unspecified atom stereocenters. The Labute approximate surface area is 158 Å². The van der Waals surface area contributed by atoms with E-state index in [2.05, 4.69) is 15.6 Å². The molecule has 0 radical (unpaired) electrons. The lowest BCUT2D eigenvalue weighted by Crippen LogP contribution is -2.45. The third-order valence-corrected chi connectivity index (χ3v) is 4.43. The van der Waals surface area contributed by atoms with Crippen molar-refractivity contribution in [2.45, 2.75) is 39.1 Å². The molecule has 1 aromatic heterocycles. The van der Waals surface area contributed by atoms with Gasteiger partial charge in [-0.25, -0.2) is 9.18 Å². The van der Waals surface area contributed by atoms with Gasteiger partial charge in [-0.05, 0) is 49.2 Å². The molecule has 0 spiro atoms. The standard InChI is InChI=1S/C20H25FN4O2/c1-14-12-25(13-15(2)27-14)19-4-3-17(9-18(19)21)11-24-20(26)23-10-16-5-7-22-8-6-16/h3-9,14-15H,10-13H2,1-2H3,(H2,23,24,26). The third-order valence-electron chi connectivity index (χ3n) is 4.43. The minimum Gasteiger partial charge on any atom is -0.372 e. The summed E-state index contributed by atoms with van der Waals surface area (Å²) in [5.41, 5.74) is 2.25. The van der Waals surface area contributed by atoms with Crippen molar-refractivity contribution in [1.29, 1.82) is 0 Å². The normalized spacial score (nSPS) is 19.6. The van der Waals surface area contributed by atoms with Crippen LogP contribution in [0.1, 0.15) is 25.0 Å². The second-order valence-electron chi connectivity index (χ2n) is 6.84. The molecular weight excluding hydrogens is 347 g/mol. The van der Waals surface area contributed by atoms with Crippen LogP contribution in [-0.4, -0.2) is 36.3 Å². The molecule has 0 aliphatic carbocycles. The van der Waals surface area contributed by atoms with Crippen LogP contribution in [0.5, 0.6) is 0 Å². The molecule has 1 saturated heterocycles. The largest absolute Gasteiger partial charge is 0.372 e. The quantitative estimate of drug-likeness (QED) is 0.847. The number of carbonyl (C=O) groups excluding carboxylic acids is 1. The first-order valence-corrected chi connectivity index (χ1v) is 9.10. The van der Waals surface area contributed by atoms with Crippen LogP contribution in [0.15, 0.2) is 42.7 Å². The second-order valence-corrected chi connectivity index (χ2v) is 6.84. The van der Waals surface area contributed by atoms with E-state index in [1.54, 1.807) is 18.5 Å². The molecule has 7 heteroatoms. The number of pyridine rings is 1. The number of carbonyl (C=O) groups is 1. The van der Waals surface area contributed by atoms with Crippen molar-refractivity contribution >= 4 is 11.7 Å². The van der Waals surface area contributed by atoms with E-state index < -0.39 is 0 Å². The summed E-state index contributed by atoms with van der Waals surface area (Å²) in [6.45, 7) is 5.98. The minimum absolute atomic E-state index is 0.0681. The smallest absolute Gasteiger partial charge is 0.315 e. The average molecular weight is 372 g/mol. The van der Waals surface area contributed by atoms with Crippen LogP contribution in [0.4, 0.5) is 14.9 Å². The summed E-state index contributed by atoms with van der Waals surface area (Å²) in [4.78, 5) is 17.8. The molecule has 1 fully saturated rings. The molecule has 27 heavy (non-hydrogen) atoms. The lowest BCUT2D eigenvalue weighted by molar-refractivity contribution is -0.00539. The highest BCUT2D eigenvalue weighted by Gasteiger charge is 2.24. The van der Waals surface area contributed by atoms with Gasteiger partial charge in [-0.15, -0.1) is 0 Å². The highest BCUT2D eigenvalue weighted by molar-refractivity contribution is 5.73. The fourth-order valence-electron chi connectivity index (χ4n) is 3.22. The number of nitrogens with one attached hydrogen (secondary N) is 2. The molecule has 3 rings (SSSR count). The number of benzene rings is 1. The topological polar surface area (TPSA) is 66.5 Å². The number of ether oxygens (including phenoxy) is 1. The first-order chi connectivity index (χ1) is 13.0. The maximum absolute atomic E-state index is 14.6. The van der Waals surface area contributed by atoms with E-state index in [1.807, 2.05) is 36.9 Å². The average Bonchev–Trinajstić information content (AvgIpc) is 2.65. The van der Waals surface area contributed by atoms with E-state index in [-0.39, 0.29) is 30.6 Å². The van der Waals surface area contributed by atoms with Gasteiger partial charge in [-0.2, -0.15) is 0 Å². The first kappa shape index (κ1) is 19.1. The number of anilines is 1. The number of aromatic nitrogens is 1. The van der Waals surface area contributed by atoms with Gasteiger partial charge in [-0.3, -0.25) is 4.98 Å². The molecule has 144 valence electrons. The molecule has 1 aromatic carbocycles. The number of hydrogen-bond donors (Lipinski definition) is 2. The van der Waals surface area contributed by atoms with Crippen LogP contribution in [0.2, 0.25) is 0 Å². The Hall–Kier alpha value is -2.67. The van der Waals surface area contributed by atoms with Gasteiger partial charge in [0.1, 0.15) is 5.82 Å². The SMILES string of the molecule is CC1CN(c2ccc(CNC(=O)NCc3ccncc3)cc2F)CC(C)O1. The lowest BCUT2D eigenvalue weighted by atomic mass is 10.1. The molecule has 0 saturated carbocycles. The number of rotatable bonds is 5. The lowest BCUT2D eigenvalue weighted by Gasteiger charge is -2.37. The Bertz CT molecular complexity index is 762. The molecule has 2 aromatic rings. The molecule has 1 aliphatic rings. The Balaban J connectivity index is 1.52. The summed E-state index contributed by atoms with van der Waals surface area (Å²) < 4.78 is 20.3. The maximum Gasteiger partial charge on any atom is 0.315 e. The first-order valence-electron chi connectivity index (χ1n) is 9.10. The van der Waals surface area contributed by atoms with Crippen LogP contribution < -0.4 is 15.5 Å². The maximum atomic E-state index is 14.6. The highest BCUT2D eigenvalue weighted by Crippen LogP contribution is 2.24. The molecule has 2 N–H and O–H groups in total. The van der Waals surface area contributed by atoms with E-state index in [0.29, 0.717) is 30.9 Å². The number of amides is 2. The Morgan fingerprint density at radius 3 is 2.37 bits per heavy atom. The van der Waals surface area contributed by atoms with Crippen LogP contribution >= 0.6 is 0 Å². The summed E-state index contributed by atoms with van der Waals surface area (Å²) in [7, 11) is 0. The van der Waals surface area contributed by atoms with Crippen LogP contribution in [-0.2, 0) is 17.8 Å². The van der Waals surface area contributed by atoms with Gasteiger partial charge >= 0.3 is 6.03 Å². The molecule has 2 atom stereocenters. The molecule has 6 nitrogen and oxygen atoms in total. The predicted molar refractivity (Wildman–Crippen MR) is 102 cm³/mol. The fourth-order valence-corrected chi connectivity index (χ4v) is 3.22.